The van der Waals surface area contributed by atoms with Gasteiger partial charge in [0.15, 0.2) is 0 Å². The maximum atomic E-state index is 5.56. The fourth-order valence-electron chi connectivity index (χ4n) is 3.66. The molecule has 1 atom stereocenters. The summed E-state index contributed by atoms with van der Waals surface area (Å²) in [4.78, 5) is 0. The monoisotopic (exact) mass is 277 g/mol. The van der Waals surface area contributed by atoms with Gasteiger partial charge in [-0.2, -0.15) is 0 Å². The molecular weight excluding hydrogens is 250 g/mol. The summed E-state index contributed by atoms with van der Waals surface area (Å²) in [5, 5.41) is 3.48. The molecular formula is C17H27NO2. The third kappa shape index (κ3) is 2.08. The van der Waals surface area contributed by atoms with E-state index in [4.69, 9.17) is 9.47 Å². The number of methoxy groups -OCH3 is 2. The Morgan fingerprint density at radius 2 is 1.65 bits per heavy atom. The molecule has 1 aliphatic carbocycles. The minimum atomic E-state index is 0.292. The molecule has 1 unspecified atom stereocenters. The maximum absolute atomic E-state index is 5.56. The van der Waals surface area contributed by atoms with Gasteiger partial charge in [-0.05, 0) is 29.9 Å². The van der Waals surface area contributed by atoms with Crippen molar-refractivity contribution < 1.29 is 9.47 Å². The molecule has 0 aliphatic heterocycles. The molecule has 0 aromatic heterocycles. The van der Waals surface area contributed by atoms with Gasteiger partial charge in [0.1, 0.15) is 11.5 Å². The van der Waals surface area contributed by atoms with Crippen molar-refractivity contribution >= 4 is 0 Å². The lowest BCUT2D eigenvalue weighted by molar-refractivity contribution is 0.372. The van der Waals surface area contributed by atoms with E-state index in [2.05, 4.69) is 39.1 Å². The summed E-state index contributed by atoms with van der Waals surface area (Å²) < 4.78 is 10.8. The molecule has 1 aromatic rings. The number of hydrogen-bond donors (Lipinski definition) is 1. The lowest BCUT2D eigenvalue weighted by Crippen LogP contribution is -2.22. The van der Waals surface area contributed by atoms with Crippen LogP contribution < -0.4 is 14.8 Å². The van der Waals surface area contributed by atoms with Crippen LogP contribution >= 0.6 is 0 Å². The minimum absolute atomic E-state index is 0.292. The summed E-state index contributed by atoms with van der Waals surface area (Å²) in [5.74, 6) is 2.30. The Morgan fingerprint density at radius 1 is 1.05 bits per heavy atom. The summed E-state index contributed by atoms with van der Waals surface area (Å²) in [5.41, 5.74) is 1.86. The van der Waals surface area contributed by atoms with Crippen molar-refractivity contribution in [3.05, 3.63) is 23.8 Å². The van der Waals surface area contributed by atoms with Gasteiger partial charge in [0, 0.05) is 17.7 Å². The molecule has 1 N–H and O–H groups in total. The smallest absolute Gasteiger partial charge is 0.127 e. The highest BCUT2D eigenvalue weighted by atomic mass is 16.5. The van der Waals surface area contributed by atoms with Crippen molar-refractivity contribution in [2.24, 2.45) is 16.7 Å². The van der Waals surface area contributed by atoms with Crippen LogP contribution in [-0.4, -0.2) is 21.3 Å². The van der Waals surface area contributed by atoms with Crippen LogP contribution in [0.25, 0.3) is 0 Å². The molecule has 1 aliphatic rings. The molecule has 0 amide bonds. The molecule has 0 spiro atoms. The van der Waals surface area contributed by atoms with Gasteiger partial charge in [-0.3, -0.25) is 0 Å². The van der Waals surface area contributed by atoms with E-state index in [-0.39, 0.29) is 0 Å². The van der Waals surface area contributed by atoms with Gasteiger partial charge >= 0.3 is 0 Å². The molecule has 0 bridgehead atoms. The van der Waals surface area contributed by atoms with Crippen LogP contribution in [0.1, 0.15) is 39.3 Å². The summed E-state index contributed by atoms with van der Waals surface area (Å²) in [6.07, 6.45) is 0. The van der Waals surface area contributed by atoms with Crippen molar-refractivity contribution in [2.75, 3.05) is 21.3 Å². The number of ether oxygens (including phenoxy) is 2. The Hall–Kier alpha value is -1.22. The highest BCUT2D eigenvalue weighted by Gasteiger charge is 2.67. The molecule has 1 fully saturated rings. The Balaban J connectivity index is 2.39. The van der Waals surface area contributed by atoms with E-state index < -0.39 is 0 Å². The van der Waals surface area contributed by atoms with Gasteiger partial charge in [0.25, 0.3) is 0 Å². The summed E-state index contributed by atoms with van der Waals surface area (Å²) in [7, 11) is 5.42. The SMILES string of the molecule is CNC(c1ccc(OC)cc1OC)C1C(C)(C)C1(C)C. The van der Waals surface area contributed by atoms with E-state index in [9.17, 15) is 0 Å². The summed E-state index contributed by atoms with van der Waals surface area (Å²) in [6.45, 7) is 9.38. The average Bonchev–Trinajstić information content (AvgIpc) is 2.82. The van der Waals surface area contributed by atoms with Crippen LogP contribution in [0.4, 0.5) is 0 Å². The van der Waals surface area contributed by atoms with Crippen LogP contribution in [-0.2, 0) is 0 Å². The predicted octanol–water partition coefficient (Wildman–Crippen LogP) is 3.65. The first-order chi connectivity index (χ1) is 9.31. The normalized spacial score (nSPS) is 21.4. The summed E-state index contributed by atoms with van der Waals surface area (Å²) >= 11 is 0. The number of rotatable bonds is 5. The van der Waals surface area contributed by atoms with Crippen LogP contribution in [0.5, 0.6) is 11.5 Å². The molecule has 3 nitrogen and oxygen atoms in total. The van der Waals surface area contributed by atoms with Gasteiger partial charge in [-0.15, -0.1) is 0 Å². The average molecular weight is 277 g/mol. The molecule has 3 heteroatoms. The predicted molar refractivity (Wildman–Crippen MR) is 82.4 cm³/mol. The molecule has 0 saturated heterocycles. The van der Waals surface area contributed by atoms with Crippen LogP contribution in [0.2, 0.25) is 0 Å². The Bertz CT molecular complexity index is 480. The minimum Gasteiger partial charge on any atom is -0.497 e. The second kappa shape index (κ2) is 4.96. The Morgan fingerprint density at radius 3 is 2.05 bits per heavy atom. The number of hydrogen-bond acceptors (Lipinski definition) is 3. The molecule has 1 aromatic carbocycles. The number of benzene rings is 1. The van der Waals surface area contributed by atoms with Crippen LogP contribution in [0.15, 0.2) is 18.2 Å². The quantitative estimate of drug-likeness (QED) is 0.891. The third-order valence-corrected chi connectivity index (χ3v) is 5.55. The fourth-order valence-corrected chi connectivity index (χ4v) is 3.66. The molecule has 20 heavy (non-hydrogen) atoms. The Labute approximate surface area is 122 Å². The van der Waals surface area contributed by atoms with Crippen molar-refractivity contribution in [2.45, 2.75) is 33.7 Å². The molecule has 112 valence electrons. The third-order valence-electron chi connectivity index (χ3n) is 5.55. The van der Waals surface area contributed by atoms with E-state index >= 15 is 0 Å². The van der Waals surface area contributed by atoms with Crippen LogP contribution in [0.3, 0.4) is 0 Å². The zero-order valence-corrected chi connectivity index (χ0v) is 13.7. The van der Waals surface area contributed by atoms with Gasteiger partial charge in [0.05, 0.1) is 14.2 Å². The molecule has 0 radical (unpaired) electrons. The first-order valence-electron chi connectivity index (χ1n) is 7.20. The van der Waals surface area contributed by atoms with E-state index in [1.807, 2.05) is 19.2 Å². The van der Waals surface area contributed by atoms with E-state index in [0.717, 1.165) is 11.5 Å². The van der Waals surface area contributed by atoms with Crippen LogP contribution in [0, 0.1) is 16.7 Å². The van der Waals surface area contributed by atoms with Gasteiger partial charge < -0.3 is 14.8 Å². The first-order valence-corrected chi connectivity index (χ1v) is 7.20. The van der Waals surface area contributed by atoms with Gasteiger partial charge in [-0.1, -0.05) is 33.8 Å². The van der Waals surface area contributed by atoms with E-state index in [1.165, 1.54) is 5.56 Å². The topological polar surface area (TPSA) is 30.5 Å². The lowest BCUT2D eigenvalue weighted by Gasteiger charge is -2.22. The maximum Gasteiger partial charge on any atom is 0.127 e. The molecule has 0 heterocycles. The van der Waals surface area contributed by atoms with Crippen molar-refractivity contribution in [1.29, 1.82) is 0 Å². The highest BCUT2D eigenvalue weighted by molar-refractivity contribution is 5.44. The largest absolute Gasteiger partial charge is 0.497 e. The second-order valence-corrected chi connectivity index (χ2v) is 6.80. The summed E-state index contributed by atoms with van der Waals surface area (Å²) in [6, 6.07) is 6.37. The zero-order chi connectivity index (χ0) is 15.1. The van der Waals surface area contributed by atoms with Crippen molar-refractivity contribution in [3.8, 4) is 11.5 Å². The van der Waals surface area contributed by atoms with Crippen molar-refractivity contribution in [3.63, 3.8) is 0 Å². The Kier molecular flexibility index (Phi) is 3.76. The molecule has 1 saturated carbocycles. The van der Waals surface area contributed by atoms with E-state index in [1.54, 1.807) is 14.2 Å². The highest BCUT2D eigenvalue weighted by Crippen LogP contribution is 2.72. The lowest BCUT2D eigenvalue weighted by atomic mass is 9.95. The zero-order valence-electron chi connectivity index (χ0n) is 13.7. The standard InChI is InChI=1S/C17H27NO2/c1-16(2)15(17(16,3)4)14(18-5)12-9-8-11(19-6)10-13(12)20-7/h8-10,14-15,18H,1-7H3. The van der Waals surface area contributed by atoms with Gasteiger partial charge in [-0.25, -0.2) is 0 Å². The number of nitrogens with one attached hydrogen (secondary N) is 1. The van der Waals surface area contributed by atoms with Crippen molar-refractivity contribution in [1.82, 2.24) is 5.32 Å². The fraction of sp³-hybridized carbons (Fsp3) is 0.647. The second-order valence-electron chi connectivity index (χ2n) is 6.80. The molecule has 2 rings (SSSR count). The van der Waals surface area contributed by atoms with E-state index in [0.29, 0.717) is 22.8 Å². The van der Waals surface area contributed by atoms with Gasteiger partial charge in [0.2, 0.25) is 0 Å². The first kappa shape index (κ1) is 15.2.